The molecule has 0 amide bonds. The summed E-state index contributed by atoms with van der Waals surface area (Å²) in [5.74, 6) is 0.472. The van der Waals surface area contributed by atoms with Gasteiger partial charge in [-0.2, -0.15) is 0 Å². The summed E-state index contributed by atoms with van der Waals surface area (Å²) in [5.41, 5.74) is 5.99. The standard InChI is InChI=1S/C13H18N2O4S2/c1-19-11(16)7-13(5-6-13)8-20-9-3-2-4-10(12(9)14)21(15,17)18/h2-4H,5-8,14H2,1H3,(H2,15,17,18). The van der Waals surface area contributed by atoms with E-state index in [1.807, 2.05) is 0 Å². The number of primary sulfonamides is 1. The number of hydrogen-bond acceptors (Lipinski definition) is 6. The number of para-hydroxylation sites is 1. The van der Waals surface area contributed by atoms with Crippen molar-refractivity contribution in [3.63, 3.8) is 0 Å². The largest absolute Gasteiger partial charge is 0.469 e. The molecule has 1 fully saturated rings. The lowest BCUT2D eigenvalue weighted by molar-refractivity contribution is -0.141. The molecule has 0 aromatic heterocycles. The Morgan fingerprint density at radius 1 is 1.43 bits per heavy atom. The highest BCUT2D eigenvalue weighted by Gasteiger charge is 2.44. The lowest BCUT2D eigenvalue weighted by Gasteiger charge is -2.14. The summed E-state index contributed by atoms with van der Waals surface area (Å²) in [6.07, 6.45) is 2.30. The average molecular weight is 330 g/mol. The van der Waals surface area contributed by atoms with Crippen LogP contribution in [0.3, 0.4) is 0 Å². The number of methoxy groups -OCH3 is 1. The first-order valence-electron chi connectivity index (χ1n) is 6.38. The van der Waals surface area contributed by atoms with E-state index in [4.69, 9.17) is 15.6 Å². The first-order valence-corrected chi connectivity index (χ1v) is 8.91. The highest BCUT2D eigenvalue weighted by molar-refractivity contribution is 7.99. The number of hydrogen-bond donors (Lipinski definition) is 2. The van der Waals surface area contributed by atoms with Gasteiger partial charge in [-0.25, -0.2) is 13.6 Å². The Kier molecular flexibility index (Phi) is 4.50. The molecule has 1 aromatic rings. The Morgan fingerprint density at radius 2 is 2.10 bits per heavy atom. The Hall–Kier alpha value is -1.25. The van der Waals surface area contributed by atoms with Gasteiger partial charge in [0.1, 0.15) is 4.90 Å². The molecule has 21 heavy (non-hydrogen) atoms. The van der Waals surface area contributed by atoms with Crippen molar-refractivity contribution in [3.05, 3.63) is 18.2 Å². The molecule has 0 atom stereocenters. The first-order chi connectivity index (χ1) is 9.77. The van der Waals surface area contributed by atoms with Gasteiger partial charge >= 0.3 is 5.97 Å². The second-order valence-corrected chi connectivity index (χ2v) is 7.80. The van der Waals surface area contributed by atoms with Gasteiger partial charge in [-0.05, 0) is 30.4 Å². The third kappa shape index (κ3) is 3.90. The summed E-state index contributed by atoms with van der Waals surface area (Å²) in [7, 11) is -2.46. The van der Waals surface area contributed by atoms with E-state index in [0.29, 0.717) is 17.1 Å². The minimum Gasteiger partial charge on any atom is -0.469 e. The molecule has 116 valence electrons. The van der Waals surface area contributed by atoms with Crippen LogP contribution in [0.15, 0.2) is 28.0 Å². The van der Waals surface area contributed by atoms with Gasteiger partial charge in [-0.3, -0.25) is 4.79 Å². The van der Waals surface area contributed by atoms with E-state index in [1.54, 1.807) is 12.1 Å². The molecule has 1 aliphatic rings. The first kappa shape index (κ1) is 16.1. The molecule has 0 bridgehead atoms. The molecule has 4 N–H and O–H groups in total. The zero-order valence-corrected chi connectivity index (χ0v) is 13.3. The molecule has 0 saturated heterocycles. The van der Waals surface area contributed by atoms with Crippen molar-refractivity contribution >= 4 is 33.4 Å². The van der Waals surface area contributed by atoms with E-state index in [-0.39, 0.29) is 22.0 Å². The summed E-state index contributed by atoms with van der Waals surface area (Å²) in [6, 6.07) is 4.75. The van der Waals surface area contributed by atoms with Crippen LogP contribution in [-0.2, 0) is 19.6 Å². The number of sulfonamides is 1. The molecule has 1 aliphatic carbocycles. The van der Waals surface area contributed by atoms with E-state index in [2.05, 4.69) is 0 Å². The zero-order chi connectivity index (χ0) is 15.7. The number of rotatable bonds is 6. The van der Waals surface area contributed by atoms with Gasteiger partial charge in [0, 0.05) is 10.6 Å². The quantitative estimate of drug-likeness (QED) is 0.462. The van der Waals surface area contributed by atoms with E-state index in [1.165, 1.54) is 24.9 Å². The predicted octanol–water partition coefficient (Wildman–Crippen LogP) is 1.35. The SMILES string of the molecule is COC(=O)CC1(CSc2cccc(S(N)(=O)=O)c2N)CC1. The van der Waals surface area contributed by atoms with Crippen molar-refractivity contribution in [2.75, 3.05) is 18.6 Å². The van der Waals surface area contributed by atoms with Crippen LogP contribution in [0.2, 0.25) is 0 Å². The number of carbonyl (C=O) groups is 1. The molecular formula is C13H18N2O4S2. The van der Waals surface area contributed by atoms with Gasteiger partial charge in [-0.1, -0.05) is 6.07 Å². The molecule has 0 radical (unpaired) electrons. The van der Waals surface area contributed by atoms with E-state index in [0.717, 1.165) is 12.8 Å². The molecule has 6 nitrogen and oxygen atoms in total. The summed E-state index contributed by atoms with van der Waals surface area (Å²) in [5, 5.41) is 5.13. The van der Waals surface area contributed by atoms with Gasteiger partial charge in [0.2, 0.25) is 10.0 Å². The molecule has 0 spiro atoms. The number of carbonyl (C=O) groups excluding carboxylic acids is 1. The van der Waals surface area contributed by atoms with E-state index in [9.17, 15) is 13.2 Å². The number of ether oxygens (including phenoxy) is 1. The second kappa shape index (κ2) is 5.86. The molecule has 8 heteroatoms. The number of nitrogens with two attached hydrogens (primary N) is 2. The van der Waals surface area contributed by atoms with Crippen LogP contribution >= 0.6 is 11.8 Å². The Labute approximate surface area is 128 Å². The fraction of sp³-hybridized carbons (Fsp3) is 0.462. The summed E-state index contributed by atoms with van der Waals surface area (Å²) >= 11 is 1.45. The minimum absolute atomic E-state index is 0.0538. The van der Waals surface area contributed by atoms with Crippen molar-refractivity contribution in [2.45, 2.75) is 29.1 Å². The summed E-state index contributed by atoms with van der Waals surface area (Å²) in [6.45, 7) is 0. The number of esters is 1. The predicted molar refractivity (Wildman–Crippen MR) is 81.3 cm³/mol. The van der Waals surface area contributed by atoms with Crippen LogP contribution in [0, 0.1) is 5.41 Å². The monoisotopic (exact) mass is 330 g/mol. The molecule has 0 unspecified atom stereocenters. The van der Waals surface area contributed by atoms with Crippen LogP contribution in [0.1, 0.15) is 19.3 Å². The Balaban J connectivity index is 2.10. The molecule has 1 aromatic carbocycles. The van der Waals surface area contributed by atoms with Gasteiger partial charge in [-0.15, -0.1) is 11.8 Å². The second-order valence-electron chi connectivity index (χ2n) is 5.25. The lowest BCUT2D eigenvalue weighted by atomic mass is 10.1. The highest BCUT2D eigenvalue weighted by atomic mass is 32.2. The molecule has 1 saturated carbocycles. The van der Waals surface area contributed by atoms with Crippen molar-refractivity contribution in [3.8, 4) is 0 Å². The smallest absolute Gasteiger partial charge is 0.306 e. The minimum atomic E-state index is -3.83. The topological polar surface area (TPSA) is 112 Å². The normalized spacial score (nSPS) is 16.5. The molecular weight excluding hydrogens is 312 g/mol. The number of thioether (sulfide) groups is 1. The summed E-state index contributed by atoms with van der Waals surface area (Å²) in [4.78, 5) is 12.0. The molecule has 0 aliphatic heterocycles. The van der Waals surface area contributed by atoms with Crippen LogP contribution in [0.25, 0.3) is 0 Å². The third-order valence-electron chi connectivity index (χ3n) is 3.57. The fourth-order valence-corrected chi connectivity index (χ4v) is 4.10. The van der Waals surface area contributed by atoms with Crippen molar-refractivity contribution in [2.24, 2.45) is 10.6 Å². The van der Waals surface area contributed by atoms with Crippen molar-refractivity contribution < 1.29 is 17.9 Å². The van der Waals surface area contributed by atoms with Crippen LogP contribution in [0.4, 0.5) is 5.69 Å². The highest BCUT2D eigenvalue weighted by Crippen LogP contribution is 2.52. The molecule has 0 heterocycles. The van der Waals surface area contributed by atoms with Crippen LogP contribution < -0.4 is 10.9 Å². The Morgan fingerprint density at radius 3 is 2.62 bits per heavy atom. The van der Waals surface area contributed by atoms with Crippen molar-refractivity contribution in [1.82, 2.24) is 0 Å². The van der Waals surface area contributed by atoms with Gasteiger partial charge in [0.15, 0.2) is 0 Å². The maximum absolute atomic E-state index is 11.4. The van der Waals surface area contributed by atoms with Crippen LogP contribution in [0.5, 0.6) is 0 Å². The van der Waals surface area contributed by atoms with Crippen molar-refractivity contribution in [1.29, 1.82) is 0 Å². The number of nitrogen functional groups attached to an aromatic ring is 1. The van der Waals surface area contributed by atoms with E-state index < -0.39 is 10.0 Å². The Bertz CT molecular complexity index is 654. The number of benzene rings is 1. The lowest BCUT2D eigenvalue weighted by Crippen LogP contribution is -2.15. The van der Waals surface area contributed by atoms with Gasteiger partial charge < -0.3 is 10.5 Å². The number of anilines is 1. The summed E-state index contributed by atoms with van der Waals surface area (Å²) < 4.78 is 27.6. The maximum Gasteiger partial charge on any atom is 0.306 e. The zero-order valence-electron chi connectivity index (χ0n) is 11.7. The van der Waals surface area contributed by atoms with Gasteiger partial charge in [0.05, 0.1) is 19.2 Å². The maximum atomic E-state index is 11.4. The third-order valence-corrected chi connectivity index (χ3v) is 5.96. The molecule has 2 rings (SSSR count). The van der Waals surface area contributed by atoms with E-state index >= 15 is 0 Å². The van der Waals surface area contributed by atoms with Gasteiger partial charge in [0.25, 0.3) is 0 Å². The fourth-order valence-electron chi connectivity index (χ4n) is 2.06. The van der Waals surface area contributed by atoms with Crippen LogP contribution in [-0.4, -0.2) is 27.2 Å². The average Bonchev–Trinajstić information content (AvgIpc) is 3.16.